The summed E-state index contributed by atoms with van der Waals surface area (Å²) in [6.45, 7) is 7.07. The molecule has 1 fully saturated rings. The second-order valence-corrected chi connectivity index (χ2v) is 13.9. The molecule has 3 aromatic heterocycles. The lowest BCUT2D eigenvalue weighted by atomic mass is 9.88. The first-order valence-corrected chi connectivity index (χ1v) is 16.6. The van der Waals surface area contributed by atoms with Crippen molar-refractivity contribution in [2.24, 2.45) is 0 Å². The lowest BCUT2D eigenvalue weighted by Gasteiger charge is -2.26. The van der Waals surface area contributed by atoms with Crippen LogP contribution < -0.4 is 20.3 Å². The summed E-state index contributed by atoms with van der Waals surface area (Å²) in [5.74, 6) is 1.35. The number of carbonyl (C=O) groups excluding carboxylic acids is 2. The third-order valence-corrected chi connectivity index (χ3v) is 9.51. The van der Waals surface area contributed by atoms with Crippen LogP contribution in [0.4, 0.5) is 21.4 Å². The van der Waals surface area contributed by atoms with Gasteiger partial charge in [-0.1, -0.05) is 56.4 Å². The highest BCUT2D eigenvalue weighted by molar-refractivity contribution is 7.19. The monoisotopic (exact) mass is 648 g/mol. The molecule has 47 heavy (non-hydrogen) atoms. The number of urea groups is 1. The Labute approximate surface area is 277 Å². The van der Waals surface area contributed by atoms with Crippen LogP contribution in [0.3, 0.4) is 0 Å². The number of aromatic nitrogens is 5. The van der Waals surface area contributed by atoms with Gasteiger partial charge in [-0.25, -0.2) is 24.4 Å². The first-order chi connectivity index (χ1) is 22.7. The Bertz CT molecular complexity index is 1910. The molecule has 12 heteroatoms. The van der Waals surface area contributed by atoms with Gasteiger partial charge >= 0.3 is 12.0 Å². The molecule has 1 atom stereocenters. The molecule has 5 aromatic rings. The van der Waals surface area contributed by atoms with E-state index in [1.807, 2.05) is 35.0 Å². The SMILES string of the molecule is CC(C)(C)c1cc(NC(=O)Nc2cnc(Oc3ccc(-c4cnc(N5CCCC5=O)s4)cc3)nc2)n(C2CCc3ccccc3C2)n1. The maximum Gasteiger partial charge on any atom is 0.324 e. The van der Waals surface area contributed by atoms with Gasteiger partial charge in [-0.2, -0.15) is 5.10 Å². The van der Waals surface area contributed by atoms with Crippen LogP contribution in [0.5, 0.6) is 11.8 Å². The van der Waals surface area contributed by atoms with Crippen LogP contribution in [0.2, 0.25) is 0 Å². The fourth-order valence-electron chi connectivity index (χ4n) is 5.90. The van der Waals surface area contributed by atoms with Gasteiger partial charge in [-0.3, -0.25) is 15.0 Å². The molecule has 2 N–H and O–H groups in total. The molecule has 3 amide bonds. The summed E-state index contributed by atoms with van der Waals surface area (Å²) < 4.78 is 7.81. The standard InChI is InChI=1S/C35H36N8O3S/c1-35(2,3)29-18-30(43(41-29)26-13-10-22-7-4-5-8-24(22)17-26)40-32(45)39-25-19-36-33(37-20-25)46-27-14-11-23(12-15-27)28-21-38-34(47-28)42-16-6-9-31(42)44/h4-5,7-8,11-12,14-15,18-21,26H,6,9-10,13,16-17H2,1-3H3,(H2,39,40,45). The number of ether oxygens (including phenoxy) is 1. The van der Waals surface area contributed by atoms with Crippen LogP contribution >= 0.6 is 11.3 Å². The number of hydrogen-bond donors (Lipinski definition) is 2. The number of nitrogens with one attached hydrogen (secondary N) is 2. The summed E-state index contributed by atoms with van der Waals surface area (Å²) in [4.78, 5) is 40.9. The van der Waals surface area contributed by atoms with Crippen LogP contribution in [-0.2, 0) is 23.1 Å². The molecule has 4 heterocycles. The normalized spacial score (nSPS) is 16.2. The number of hydrogen-bond acceptors (Lipinski definition) is 8. The first-order valence-electron chi connectivity index (χ1n) is 15.8. The molecule has 0 bridgehead atoms. The van der Waals surface area contributed by atoms with Gasteiger partial charge in [0.05, 0.1) is 34.7 Å². The number of aryl methyl sites for hydroxylation is 1. The lowest BCUT2D eigenvalue weighted by molar-refractivity contribution is -0.117. The summed E-state index contributed by atoms with van der Waals surface area (Å²) in [7, 11) is 0. The number of thiazole rings is 1. The Morgan fingerprint density at radius 2 is 1.72 bits per heavy atom. The van der Waals surface area contributed by atoms with Crippen LogP contribution in [-0.4, -0.2) is 43.2 Å². The highest BCUT2D eigenvalue weighted by Crippen LogP contribution is 2.35. The molecule has 7 rings (SSSR count). The Morgan fingerprint density at radius 3 is 2.45 bits per heavy atom. The van der Waals surface area contributed by atoms with Gasteiger partial charge in [-0.15, -0.1) is 0 Å². The van der Waals surface area contributed by atoms with Crippen LogP contribution in [0.25, 0.3) is 10.4 Å². The number of amides is 3. The van der Waals surface area contributed by atoms with E-state index in [4.69, 9.17) is 9.84 Å². The second kappa shape index (κ2) is 12.6. The number of anilines is 3. The van der Waals surface area contributed by atoms with E-state index in [1.54, 1.807) is 11.1 Å². The summed E-state index contributed by atoms with van der Waals surface area (Å²) >= 11 is 1.50. The van der Waals surface area contributed by atoms with Crippen molar-refractivity contribution in [2.45, 2.75) is 64.3 Å². The van der Waals surface area contributed by atoms with Crippen LogP contribution in [0.1, 0.15) is 62.9 Å². The molecule has 2 aromatic carbocycles. The number of benzene rings is 2. The Morgan fingerprint density at radius 1 is 0.957 bits per heavy atom. The number of nitrogens with zero attached hydrogens (tertiary/aromatic N) is 6. The van der Waals surface area contributed by atoms with Crippen molar-refractivity contribution in [1.29, 1.82) is 0 Å². The van der Waals surface area contributed by atoms with E-state index in [0.717, 1.165) is 53.5 Å². The average Bonchev–Trinajstić information content (AvgIpc) is 3.82. The van der Waals surface area contributed by atoms with Crippen molar-refractivity contribution in [2.75, 3.05) is 22.1 Å². The number of carbonyl (C=O) groups is 2. The largest absolute Gasteiger partial charge is 0.424 e. The Hall–Kier alpha value is -5.10. The van der Waals surface area contributed by atoms with E-state index in [1.165, 1.54) is 34.9 Å². The Kier molecular flexibility index (Phi) is 8.19. The zero-order chi connectivity index (χ0) is 32.5. The van der Waals surface area contributed by atoms with Crippen molar-refractivity contribution in [1.82, 2.24) is 24.7 Å². The minimum Gasteiger partial charge on any atom is -0.424 e. The summed E-state index contributed by atoms with van der Waals surface area (Å²) in [6.07, 6.45) is 9.03. The van der Waals surface area contributed by atoms with Gasteiger partial charge < -0.3 is 10.1 Å². The smallest absolute Gasteiger partial charge is 0.324 e. The third kappa shape index (κ3) is 6.73. The fourth-order valence-corrected chi connectivity index (χ4v) is 6.86. The molecular formula is C35H36N8O3S. The van der Waals surface area contributed by atoms with Crippen molar-refractivity contribution in [3.05, 3.63) is 90.0 Å². The van der Waals surface area contributed by atoms with E-state index in [9.17, 15) is 9.59 Å². The third-order valence-electron chi connectivity index (χ3n) is 8.44. The van der Waals surface area contributed by atoms with Gasteiger partial charge in [0.25, 0.3) is 0 Å². The van der Waals surface area contributed by atoms with Gasteiger partial charge in [0.2, 0.25) is 5.91 Å². The molecule has 1 aliphatic heterocycles. The van der Waals surface area contributed by atoms with Crippen molar-refractivity contribution in [3.63, 3.8) is 0 Å². The first kappa shape index (κ1) is 30.5. The van der Waals surface area contributed by atoms with E-state index >= 15 is 0 Å². The quantitative estimate of drug-likeness (QED) is 0.188. The topological polar surface area (TPSA) is 127 Å². The van der Waals surface area contributed by atoms with Gasteiger partial charge in [0, 0.05) is 30.6 Å². The highest BCUT2D eigenvalue weighted by Gasteiger charge is 2.27. The lowest BCUT2D eigenvalue weighted by Crippen LogP contribution is -2.25. The molecule has 1 saturated heterocycles. The van der Waals surface area contributed by atoms with Crippen molar-refractivity contribution >= 4 is 39.9 Å². The number of rotatable bonds is 7. The molecule has 11 nitrogen and oxygen atoms in total. The molecule has 0 spiro atoms. The van der Waals surface area contributed by atoms with Crippen molar-refractivity contribution in [3.8, 4) is 22.2 Å². The predicted molar refractivity (Wildman–Crippen MR) is 182 cm³/mol. The van der Waals surface area contributed by atoms with Gasteiger partial charge in [-0.05, 0) is 66.6 Å². The minimum absolute atomic E-state index is 0.125. The zero-order valence-electron chi connectivity index (χ0n) is 26.6. The molecule has 0 radical (unpaired) electrons. The van der Waals surface area contributed by atoms with Crippen molar-refractivity contribution < 1.29 is 14.3 Å². The molecular weight excluding hydrogens is 613 g/mol. The minimum atomic E-state index is -0.406. The number of fused-ring (bicyclic) bond motifs is 1. The zero-order valence-corrected chi connectivity index (χ0v) is 27.4. The molecule has 2 aliphatic rings. The Balaban J connectivity index is 0.979. The highest BCUT2D eigenvalue weighted by atomic mass is 32.1. The predicted octanol–water partition coefficient (Wildman–Crippen LogP) is 7.39. The maximum absolute atomic E-state index is 13.1. The molecule has 1 unspecified atom stereocenters. The van der Waals surface area contributed by atoms with E-state index < -0.39 is 6.03 Å². The average molecular weight is 649 g/mol. The maximum atomic E-state index is 13.1. The van der Waals surface area contributed by atoms with Gasteiger partial charge in [0.15, 0.2) is 5.13 Å². The van der Waals surface area contributed by atoms with Crippen LogP contribution in [0.15, 0.2) is 73.2 Å². The summed E-state index contributed by atoms with van der Waals surface area (Å²) in [6, 6.07) is 17.9. The second-order valence-electron chi connectivity index (χ2n) is 12.9. The molecule has 240 valence electrons. The summed E-state index contributed by atoms with van der Waals surface area (Å²) in [5, 5.41) is 11.5. The van der Waals surface area contributed by atoms with Gasteiger partial charge in [0.1, 0.15) is 11.6 Å². The summed E-state index contributed by atoms with van der Waals surface area (Å²) in [5.41, 5.74) is 4.85. The van der Waals surface area contributed by atoms with Crippen LogP contribution in [0, 0.1) is 0 Å². The molecule has 1 aliphatic carbocycles. The van der Waals surface area contributed by atoms with E-state index in [-0.39, 0.29) is 23.4 Å². The fraction of sp³-hybridized carbons (Fsp3) is 0.314. The van der Waals surface area contributed by atoms with E-state index in [0.29, 0.717) is 23.7 Å². The molecule has 0 saturated carbocycles. The van der Waals surface area contributed by atoms with E-state index in [2.05, 4.69) is 70.6 Å².